The molecule has 1 unspecified atom stereocenters. The van der Waals surface area contributed by atoms with Crippen LogP contribution in [0.1, 0.15) is 24.5 Å². The molecule has 1 aromatic rings. The molecule has 1 N–H and O–H groups in total. The van der Waals surface area contributed by atoms with E-state index in [4.69, 9.17) is 0 Å². The van der Waals surface area contributed by atoms with Gasteiger partial charge in [-0.1, -0.05) is 0 Å². The molecule has 0 aliphatic carbocycles. The molecule has 13 heavy (non-hydrogen) atoms. The summed E-state index contributed by atoms with van der Waals surface area (Å²) in [6.45, 7) is 2.30. The molecule has 1 fully saturated rings. The van der Waals surface area contributed by atoms with Crippen molar-refractivity contribution in [2.75, 3.05) is 13.1 Å². The van der Waals surface area contributed by atoms with Crippen molar-refractivity contribution in [1.82, 2.24) is 10.3 Å². The van der Waals surface area contributed by atoms with Gasteiger partial charge >= 0.3 is 0 Å². The maximum absolute atomic E-state index is 4.32. The van der Waals surface area contributed by atoms with Gasteiger partial charge in [-0.05, 0) is 19.4 Å². The van der Waals surface area contributed by atoms with Crippen LogP contribution in [0.2, 0.25) is 0 Å². The first-order chi connectivity index (χ1) is 5.47. The second-order valence-electron chi connectivity index (χ2n) is 2.96. The Morgan fingerprint density at radius 3 is 2.85 bits per heavy atom. The molecule has 1 aliphatic heterocycles. The van der Waals surface area contributed by atoms with E-state index in [0.29, 0.717) is 5.92 Å². The Kier molecular flexibility index (Phi) is 6.68. The van der Waals surface area contributed by atoms with Crippen LogP contribution >= 0.6 is 36.2 Å². The van der Waals surface area contributed by atoms with Gasteiger partial charge in [0.1, 0.15) is 0 Å². The van der Waals surface area contributed by atoms with Crippen LogP contribution in [0.5, 0.6) is 0 Å². The van der Waals surface area contributed by atoms with Gasteiger partial charge in [0.2, 0.25) is 0 Å². The van der Waals surface area contributed by atoms with Crippen molar-refractivity contribution in [3.63, 3.8) is 0 Å². The van der Waals surface area contributed by atoms with Crippen LogP contribution in [0.4, 0.5) is 0 Å². The number of aromatic nitrogens is 1. The molecule has 0 aromatic carbocycles. The van der Waals surface area contributed by atoms with Crippen LogP contribution in [0.25, 0.3) is 0 Å². The number of nitrogens with zero attached hydrogens (tertiary/aromatic N) is 1. The van der Waals surface area contributed by atoms with Crippen LogP contribution in [-0.2, 0) is 0 Å². The van der Waals surface area contributed by atoms with Crippen molar-refractivity contribution in [3.8, 4) is 0 Å². The summed E-state index contributed by atoms with van der Waals surface area (Å²) in [5, 5.41) is 5.55. The zero-order valence-corrected chi connectivity index (χ0v) is 9.68. The smallest absolute Gasteiger partial charge is 0.0794 e. The Morgan fingerprint density at radius 2 is 2.31 bits per heavy atom. The van der Waals surface area contributed by atoms with E-state index in [1.54, 1.807) is 11.3 Å². The fraction of sp³-hybridized carbons (Fsp3) is 0.625. The molecule has 0 radical (unpaired) electrons. The molecular weight excluding hydrogens is 227 g/mol. The van der Waals surface area contributed by atoms with Crippen LogP contribution in [0, 0.1) is 0 Å². The van der Waals surface area contributed by atoms with E-state index < -0.39 is 0 Å². The summed E-state index contributed by atoms with van der Waals surface area (Å²) in [7, 11) is 0. The largest absolute Gasteiger partial charge is 0.316 e. The molecule has 0 spiro atoms. The number of hydrogen-bond donors (Lipinski definition) is 1. The van der Waals surface area contributed by atoms with Crippen molar-refractivity contribution < 1.29 is 0 Å². The summed E-state index contributed by atoms with van der Waals surface area (Å²) in [4.78, 5) is 4.32. The standard InChI is InChI=1S/C8H12N2S.2ClH/c1-2-7(4-9-3-1)8-5-11-6-10-8;;/h5-7,9H,1-4H2;2*1H. The van der Waals surface area contributed by atoms with Gasteiger partial charge in [0.15, 0.2) is 0 Å². The summed E-state index contributed by atoms with van der Waals surface area (Å²) >= 11 is 1.69. The molecule has 2 heterocycles. The second kappa shape index (κ2) is 6.60. The summed E-state index contributed by atoms with van der Waals surface area (Å²) < 4.78 is 0. The Hall–Kier alpha value is 0.170. The summed E-state index contributed by atoms with van der Waals surface area (Å²) in [6, 6.07) is 0. The number of nitrogens with one attached hydrogen (secondary N) is 1. The minimum Gasteiger partial charge on any atom is -0.316 e. The van der Waals surface area contributed by atoms with E-state index >= 15 is 0 Å². The third kappa shape index (κ3) is 3.43. The zero-order chi connectivity index (χ0) is 7.52. The number of rotatable bonds is 1. The van der Waals surface area contributed by atoms with Gasteiger partial charge in [-0.25, -0.2) is 4.98 Å². The first kappa shape index (κ1) is 13.2. The van der Waals surface area contributed by atoms with Crippen molar-refractivity contribution in [2.24, 2.45) is 0 Å². The van der Waals surface area contributed by atoms with Crippen molar-refractivity contribution in [1.29, 1.82) is 0 Å². The van der Waals surface area contributed by atoms with Gasteiger partial charge in [-0.2, -0.15) is 0 Å². The topological polar surface area (TPSA) is 24.9 Å². The average Bonchev–Trinajstić information content (AvgIpc) is 2.58. The van der Waals surface area contributed by atoms with E-state index in [0.717, 1.165) is 6.54 Å². The van der Waals surface area contributed by atoms with Gasteiger partial charge in [-0.15, -0.1) is 36.2 Å². The van der Waals surface area contributed by atoms with Crippen molar-refractivity contribution in [3.05, 3.63) is 16.6 Å². The highest BCUT2D eigenvalue weighted by Gasteiger charge is 2.15. The first-order valence-corrected chi connectivity index (χ1v) is 5.00. The lowest BCUT2D eigenvalue weighted by molar-refractivity contribution is 0.456. The third-order valence-electron chi connectivity index (χ3n) is 2.17. The lowest BCUT2D eigenvalue weighted by atomic mass is 9.97. The van der Waals surface area contributed by atoms with E-state index in [2.05, 4.69) is 15.7 Å². The highest BCUT2D eigenvalue weighted by atomic mass is 35.5. The molecule has 76 valence electrons. The molecule has 1 saturated heterocycles. The van der Waals surface area contributed by atoms with E-state index in [-0.39, 0.29) is 24.8 Å². The number of hydrogen-bond acceptors (Lipinski definition) is 3. The Balaban J connectivity index is 0.000000720. The fourth-order valence-electron chi connectivity index (χ4n) is 1.53. The Labute approximate surface area is 95.0 Å². The van der Waals surface area contributed by atoms with Gasteiger partial charge in [0.05, 0.1) is 11.2 Å². The molecule has 0 amide bonds. The first-order valence-electron chi connectivity index (χ1n) is 4.05. The molecular formula is C8H14Cl2N2S. The number of thiazole rings is 1. The number of halogens is 2. The molecule has 1 atom stereocenters. The van der Waals surface area contributed by atoms with Crippen LogP contribution in [0.15, 0.2) is 10.9 Å². The minimum atomic E-state index is 0. The predicted molar refractivity (Wildman–Crippen MR) is 61.5 cm³/mol. The molecule has 5 heteroatoms. The lowest BCUT2D eigenvalue weighted by Gasteiger charge is -2.20. The zero-order valence-electron chi connectivity index (χ0n) is 7.23. The highest BCUT2D eigenvalue weighted by Crippen LogP contribution is 2.22. The van der Waals surface area contributed by atoms with Gasteiger partial charge < -0.3 is 5.32 Å². The summed E-state index contributed by atoms with van der Waals surface area (Å²) in [5.41, 5.74) is 3.20. The maximum atomic E-state index is 4.32. The Morgan fingerprint density at radius 1 is 1.46 bits per heavy atom. The number of piperidine rings is 1. The lowest BCUT2D eigenvalue weighted by Crippen LogP contribution is -2.28. The van der Waals surface area contributed by atoms with E-state index in [9.17, 15) is 0 Å². The van der Waals surface area contributed by atoms with E-state index in [1.165, 1.54) is 25.1 Å². The van der Waals surface area contributed by atoms with Crippen molar-refractivity contribution in [2.45, 2.75) is 18.8 Å². The monoisotopic (exact) mass is 240 g/mol. The molecule has 2 nitrogen and oxygen atoms in total. The minimum absolute atomic E-state index is 0. The second-order valence-corrected chi connectivity index (χ2v) is 3.68. The SMILES string of the molecule is Cl.Cl.c1nc(C2CCCNC2)cs1. The predicted octanol–water partition coefficient (Wildman–Crippen LogP) is 2.45. The fourth-order valence-corrected chi connectivity index (χ4v) is 2.16. The molecule has 0 saturated carbocycles. The molecule has 1 aliphatic rings. The van der Waals surface area contributed by atoms with E-state index in [1.807, 2.05) is 5.51 Å². The van der Waals surface area contributed by atoms with Crippen LogP contribution in [-0.4, -0.2) is 18.1 Å². The van der Waals surface area contributed by atoms with Crippen LogP contribution < -0.4 is 5.32 Å². The molecule has 0 bridgehead atoms. The van der Waals surface area contributed by atoms with Gasteiger partial charge in [0.25, 0.3) is 0 Å². The van der Waals surface area contributed by atoms with Crippen LogP contribution in [0.3, 0.4) is 0 Å². The normalized spacial score (nSPS) is 21.4. The van der Waals surface area contributed by atoms with Gasteiger partial charge in [-0.3, -0.25) is 0 Å². The highest BCUT2D eigenvalue weighted by molar-refractivity contribution is 7.07. The summed E-state index contributed by atoms with van der Waals surface area (Å²) in [6.07, 6.45) is 2.60. The molecule has 2 rings (SSSR count). The maximum Gasteiger partial charge on any atom is 0.0794 e. The summed E-state index contributed by atoms with van der Waals surface area (Å²) in [5.74, 6) is 0.676. The molecule has 1 aromatic heterocycles. The Bertz CT molecular complexity index is 210. The third-order valence-corrected chi connectivity index (χ3v) is 2.77. The average molecular weight is 241 g/mol. The van der Waals surface area contributed by atoms with Gasteiger partial charge in [0, 0.05) is 17.8 Å². The van der Waals surface area contributed by atoms with Crippen molar-refractivity contribution >= 4 is 36.2 Å². The quantitative estimate of drug-likeness (QED) is 0.816.